The van der Waals surface area contributed by atoms with Crippen LogP contribution in [0.25, 0.3) is 11.4 Å². The Balaban J connectivity index is 2.39. The monoisotopic (exact) mass is 310 g/mol. The number of halogens is 3. The van der Waals surface area contributed by atoms with Gasteiger partial charge in [-0.05, 0) is 26.0 Å². The van der Waals surface area contributed by atoms with Gasteiger partial charge in [-0.2, -0.15) is 13.2 Å². The zero-order valence-corrected chi connectivity index (χ0v) is 11.9. The summed E-state index contributed by atoms with van der Waals surface area (Å²) in [6.45, 7) is 3.31. The Bertz CT molecular complexity index is 687. The predicted molar refractivity (Wildman–Crippen MR) is 73.3 cm³/mol. The Morgan fingerprint density at radius 2 is 1.59 bits per heavy atom. The van der Waals surface area contributed by atoms with Gasteiger partial charge in [0.1, 0.15) is 0 Å². The number of carboxylic acids is 1. The number of benzene rings is 1. The zero-order chi connectivity index (χ0) is 16.5. The second kappa shape index (κ2) is 5.75. The van der Waals surface area contributed by atoms with Crippen LogP contribution in [0.4, 0.5) is 13.2 Å². The van der Waals surface area contributed by atoms with E-state index >= 15 is 0 Å². The van der Waals surface area contributed by atoms with Crippen LogP contribution in [-0.2, 0) is 17.4 Å². The Kier molecular flexibility index (Phi) is 4.16. The molecular weight excluding hydrogens is 297 g/mol. The molecular formula is C15H13F3N2O2. The highest BCUT2D eigenvalue weighted by molar-refractivity contribution is 5.71. The van der Waals surface area contributed by atoms with Crippen LogP contribution in [0.2, 0.25) is 0 Å². The van der Waals surface area contributed by atoms with Crippen LogP contribution < -0.4 is 0 Å². The molecule has 2 rings (SSSR count). The molecule has 0 aliphatic heterocycles. The number of carbonyl (C=O) groups is 1. The molecule has 0 unspecified atom stereocenters. The molecule has 0 saturated heterocycles. The summed E-state index contributed by atoms with van der Waals surface area (Å²) in [6.07, 6.45) is -4.58. The molecule has 0 saturated carbocycles. The molecule has 2 aromatic rings. The number of carboxylic acid groups (broad SMARTS) is 1. The van der Waals surface area contributed by atoms with Gasteiger partial charge in [-0.3, -0.25) is 4.79 Å². The van der Waals surface area contributed by atoms with Crippen LogP contribution in [0.15, 0.2) is 24.3 Å². The largest absolute Gasteiger partial charge is 0.481 e. The van der Waals surface area contributed by atoms with Crippen LogP contribution >= 0.6 is 0 Å². The fraction of sp³-hybridized carbons (Fsp3) is 0.267. The molecule has 0 amide bonds. The third-order valence-electron chi connectivity index (χ3n) is 3.22. The third-order valence-corrected chi connectivity index (χ3v) is 3.22. The molecule has 1 heterocycles. The van der Waals surface area contributed by atoms with Gasteiger partial charge in [-0.25, -0.2) is 9.97 Å². The smallest absolute Gasteiger partial charge is 0.416 e. The van der Waals surface area contributed by atoms with E-state index in [2.05, 4.69) is 9.97 Å². The van der Waals surface area contributed by atoms with Crippen molar-refractivity contribution in [1.82, 2.24) is 9.97 Å². The summed E-state index contributed by atoms with van der Waals surface area (Å²) in [6, 6.07) is 4.53. The second-order valence-corrected chi connectivity index (χ2v) is 4.84. The molecule has 22 heavy (non-hydrogen) atoms. The number of hydrogen-bond donors (Lipinski definition) is 1. The van der Waals surface area contributed by atoms with Crippen LogP contribution in [0, 0.1) is 13.8 Å². The lowest BCUT2D eigenvalue weighted by Crippen LogP contribution is -2.08. The van der Waals surface area contributed by atoms with Gasteiger partial charge < -0.3 is 5.11 Å². The number of nitrogens with zero attached hydrogens (tertiary/aromatic N) is 2. The van der Waals surface area contributed by atoms with E-state index in [9.17, 15) is 18.0 Å². The minimum atomic E-state index is -4.39. The van der Waals surface area contributed by atoms with Gasteiger partial charge in [0.2, 0.25) is 0 Å². The Morgan fingerprint density at radius 3 is 2.00 bits per heavy atom. The lowest BCUT2D eigenvalue weighted by atomic mass is 10.1. The maximum absolute atomic E-state index is 12.5. The highest BCUT2D eigenvalue weighted by atomic mass is 19.4. The van der Waals surface area contributed by atoms with Crippen molar-refractivity contribution in [2.75, 3.05) is 0 Å². The molecule has 0 radical (unpaired) electrons. The predicted octanol–water partition coefficient (Wildman–Crippen LogP) is 3.41. The second-order valence-electron chi connectivity index (χ2n) is 4.84. The lowest BCUT2D eigenvalue weighted by molar-refractivity contribution is -0.138. The first-order chi connectivity index (χ1) is 10.2. The third kappa shape index (κ3) is 3.41. The standard InChI is InChI=1S/C15H13F3N2O2/c1-8-12(7-13(21)22)9(2)20-14(19-8)10-3-5-11(6-4-10)15(16,17)18/h3-6H,7H2,1-2H3,(H,21,22). The topological polar surface area (TPSA) is 63.1 Å². The number of rotatable bonds is 3. The van der Waals surface area contributed by atoms with Crippen LogP contribution in [-0.4, -0.2) is 21.0 Å². The Labute approximate surface area is 124 Å². The van der Waals surface area contributed by atoms with Crippen LogP contribution in [0.1, 0.15) is 22.5 Å². The van der Waals surface area contributed by atoms with Gasteiger partial charge in [-0.1, -0.05) is 12.1 Å². The molecule has 1 N–H and O–H groups in total. The molecule has 0 bridgehead atoms. The first-order valence-electron chi connectivity index (χ1n) is 6.42. The normalized spacial score (nSPS) is 11.5. The summed E-state index contributed by atoms with van der Waals surface area (Å²) < 4.78 is 37.6. The molecule has 7 heteroatoms. The number of aryl methyl sites for hydroxylation is 2. The highest BCUT2D eigenvalue weighted by Crippen LogP contribution is 2.30. The minimum Gasteiger partial charge on any atom is -0.481 e. The van der Waals surface area contributed by atoms with Crippen molar-refractivity contribution in [1.29, 1.82) is 0 Å². The van der Waals surface area contributed by atoms with Crippen LogP contribution in [0.5, 0.6) is 0 Å². The van der Waals surface area contributed by atoms with Crippen molar-refractivity contribution in [2.24, 2.45) is 0 Å². The first-order valence-corrected chi connectivity index (χ1v) is 6.42. The van der Waals surface area contributed by atoms with E-state index in [0.717, 1.165) is 12.1 Å². The fourth-order valence-corrected chi connectivity index (χ4v) is 2.08. The molecule has 0 aliphatic rings. The van der Waals surface area contributed by atoms with Gasteiger partial charge in [0.05, 0.1) is 12.0 Å². The molecule has 1 aromatic heterocycles. The van der Waals surface area contributed by atoms with Gasteiger partial charge in [-0.15, -0.1) is 0 Å². The molecule has 1 aromatic carbocycles. The van der Waals surface area contributed by atoms with Gasteiger partial charge in [0.25, 0.3) is 0 Å². The minimum absolute atomic E-state index is 0.190. The van der Waals surface area contributed by atoms with Crippen molar-refractivity contribution in [3.8, 4) is 11.4 Å². The van der Waals surface area contributed by atoms with Gasteiger partial charge in [0, 0.05) is 22.5 Å². The number of alkyl halides is 3. The molecule has 0 atom stereocenters. The lowest BCUT2D eigenvalue weighted by Gasteiger charge is -2.10. The van der Waals surface area contributed by atoms with Crippen molar-refractivity contribution in [2.45, 2.75) is 26.4 Å². The van der Waals surface area contributed by atoms with E-state index in [0.29, 0.717) is 22.5 Å². The molecule has 4 nitrogen and oxygen atoms in total. The molecule has 0 spiro atoms. The number of hydrogen-bond acceptors (Lipinski definition) is 3. The summed E-state index contributed by atoms with van der Waals surface area (Å²) in [7, 11) is 0. The van der Waals surface area contributed by atoms with E-state index in [4.69, 9.17) is 5.11 Å². The Morgan fingerprint density at radius 1 is 1.09 bits per heavy atom. The van der Waals surface area contributed by atoms with Crippen molar-refractivity contribution >= 4 is 5.97 Å². The summed E-state index contributed by atoms with van der Waals surface area (Å²) in [5, 5.41) is 8.85. The van der Waals surface area contributed by atoms with Gasteiger partial charge in [0.15, 0.2) is 5.82 Å². The fourth-order valence-electron chi connectivity index (χ4n) is 2.08. The average molecular weight is 310 g/mol. The van der Waals surface area contributed by atoms with Crippen molar-refractivity contribution in [3.63, 3.8) is 0 Å². The van der Waals surface area contributed by atoms with Crippen molar-refractivity contribution in [3.05, 3.63) is 46.8 Å². The van der Waals surface area contributed by atoms with E-state index in [-0.39, 0.29) is 12.2 Å². The number of aromatic nitrogens is 2. The SMILES string of the molecule is Cc1nc(-c2ccc(C(F)(F)F)cc2)nc(C)c1CC(=O)O. The summed E-state index contributed by atoms with van der Waals surface area (Å²) >= 11 is 0. The van der Waals surface area contributed by atoms with E-state index in [1.54, 1.807) is 13.8 Å². The maximum atomic E-state index is 12.5. The van der Waals surface area contributed by atoms with Gasteiger partial charge >= 0.3 is 12.1 Å². The van der Waals surface area contributed by atoms with E-state index < -0.39 is 17.7 Å². The Hall–Kier alpha value is -2.44. The molecule has 116 valence electrons. The number of aliphatic carboxylic acids is 1. The quantitative estimate of drug-likeness (QED) is 0.943. The summed E-state index contributed by atoms with van der Waals surface area (Å²) in [5.41, 5.74) is 1.23. The van der Waals surface area contributed by atoms with Crippen LogP contribution in [0.3, 0.4) is 0 Å². The first kappa shape index (κ1) is 15.9. The maximum Gasteiger partial charge on any atom is 0.416 e. The zero-order valence-electron chi connectivity index (χ0n) is 11.9. The van der Waals surface area contributed by atoms with Crippen molar-refractivity contribution < 1.29 is 23.1 Å². The van der Waals surface area contributed by atoms with E-state index in [1.807, 2.05) is 0 Å². The summed E-state index contributed by atoms with van der Waals surface area (Å²) in [4.78, 5) is 19.2. The highest BCUT2D eigenvalue weighted by Gasteiger charge is 2.30. The molecule has 0 aliphatic carbocycles. The summed E-state index contributed by atoms with van der Waals surface area (Å²) in [5.74, 6) is -0.713. The van der Waals surface area contributed by atoms with E-state index in [1.165, 1.54) is 12.1 Å². The molecule has 0 fully saturated rings. The average Bonchev–Trinajstić information content (AvgIpc) is 2.41.